The highest BCUT2D eigenvalue weighted by molar-refractivity contribution is 7.86. The first-order valence-corrected chi connectivity index (χ1v) is 6.83. The summed E-state index contributed by atoms with van der Waals surface area (Å²) in [7, 11) is -1.60. The van der Waals surface area contributed by atoms with E-state index in [9.17, 15) is 8.42 Å². The van der Waals surface area contributed by atoms with Crippen molar-refractivity contribution >= 4 is 10.2 Å². The van der Waals surface area contributed by atoms with Crippen molar-refractivity contribution in [2.24, 2.45) is 0 Å². The van der Waals surface area contributed by atoms with Crippen LogP contribution < -0.4 is 5.32 Å². The van der Waals surface area contributed by atoms with Crippen LogP contribution in [-0.4, -0.2) is 56.3 Å². The van der Waals surface area contributed by atoms with Crippen LogP contribution >= 0.6 is 0 Å². The minimum atomic E-state index is -3.25. The van der Waals surface area contributed by atoms with Gasteiger partial charge in [0.05, 0.1) is 0 Å². The predicted molar refractivity (Wildman–Crippen MR) is 60.9 cm³/mol. The fourth-order valence-corrected chi connectivity index (χ4v) is 3.40. The number of rotatable bonds is 4. The van der Waals surface area contributed by atoms with Gasteiger partial charge in [-0.05, 0) is 13.3 Å². The summed E-state index contributed by atoms with van der Waals surface area (Å²) < 4.78 is 27.2. The van der Waals surface area contributed by atoms with Crippen molar-refractivity contribution in [3.05, 3.63) is 0 Å². The van der Waals surface area contributed by atoms with Crippen LogP contribution in [0.25, 0.3) is 0 Å². The first-order valence-electron chi connectivity index (χ1n) is 5.44. The minimum Gasteiger partial charge on any atom is -0.314 e. The summed E-state index contributed by atoms with van der Waals surface area (Å²) in [6.07, 6.45) is 0.843. The molecular weight excluding hydrogens is 214 g/mol. The molecule has 0 aromatic rings. The van der Waals surface area contributed by atoms with Gasteiger partial charge in [0.15, 0.2) is 0 Å². The number of nitrogens with one attached hydrogen (secondary N) is 1. The highest BCUT2D eigenvalue weighted by Crippen LogP contribution is 2.12. The number of nitrogens with zero attached hydrogens (tertiary/aromatic N) is 2. The second-order valence-corrected chi connectivity index (χ2v) is 5.98. The maximum Gasteiger partial charge on any atom is 0.282 e. The number of hydrogen-bond acceptors (Lipinski definition) is 3. The molecule has 0 radical (unpaired) electrons. The molecular formula is C9H21N3O2S. The molecule has 0 aromatic heterocycles. The average molecular weight is 235 g/mol. The van der Waals surface area contributed by atoms with Crippen LogP contribution in [0.3, 0.4) is 0 Å². The predicted octanol–water partition coefficient (Wildman–Crippen LogP) is -0.133. The third kappa shape index (κ3) is 2.90. The highest BCUT2D eigenvalue weighted by atomic mass is 32.2. The Bertz CT molecular complexity index is 292. The molecule has 0 saturated carbocycles. The van der Waals surface area contributed by atoms with Crippen molar-refractivity contribution in [2.45, 2.75) is 26.3 Å². The molecule has 1 fully saturated rings. The molecule has 1 rings (SSSR count). The lowest BCUT2D eigenvalue weighted by Gasteiger charge is -2.35. The standard InChI is InChI=1S/C9H21N3O2S/c1-4-6-11(3)15(13,14)12-7-5-10-8-9(12)2/h9-10H,4-8H2,1-3H3/t9-/m0/s1. The molecule has 0 aliphatic carbocycles. The fraction of sp³-hybridized carbons (Fsp3) is 1.00. The van der Waals surface area contributed by atoms with Crippen molar-refractivity contribution < 1.29 is 8.42 Å². The second kappa shape index (κ2) is 5.25. The molecule has 0 spiro atoms. The molecule has 0 amide bonds. The van der Waals surface area contributed by atoms with Gasteiger partial charge >= 0.3 is 0 Å². The van der Waals surface area contributed by atoms with Crippen LogP contribution in [0.2, 0.25) is 0 Å². The van der Waals surface area contributed by atoms with Gasteiger partial charge in [-0.3, -0.25) is 0 Å². The van der Waals surface area contributed by atoms with Crippen molar-refractivity contribution in [2.75, 3.05) is 33.2 Å². The summed E-state index contributed by atoms with van der Waals surface area (Å²) in [5.41, 5.74) is 0. The Labute approximate surface area is 92.6 Å². The Morgan fingerprint density at radius 2 is 2.20 bits per heavy atom. The summed E-state index contributed by atoms with van der Waals surface area (Å²) >= 11 is 0. The van der Waals surface area contributed by atoms with Crippen LogP contribution in [0, 0.1) is 0 Å². The van der Waals surface area contributed by atoms with E-state index in [0.29, 0.717) is 13.1 Å². The average Bonchev–Trinajstić information content (AvgIpc) is 2.18. The SMILES string of the molecule is CCCN(C)S(=O)(=O)N1CCNC[C@@H]1C. The molecule has 6 heteroatoms. The Hall–Kier alpha value is -0.170. The molecule has 15 heavy (non-hydrogen) atoms. The quantitative estimate of drug-likeness (QED) is 0.738. The third-order valence-electron chi connectivity index (χ3n) is 2.67. The largest absolute Gasteiger partial charge is 0.314 e. The van der Waals surface area contributed by atoms with Crippen LogP contribution in [0.1, 0.15) is 20.3 Å². The Morgan fingerprint density at radius 1 is 1.53 bits per heavy atom. The van der Waals surface area contributed by atoms with E-state index in [4.69, 9.17) is 0 Å². The van der Waals surface area contributed by atoms with E-state index >= 15 is 0 Å². The number of piperazine rings is 1. The van der Waals surface area contributed by atoms with Gasteiger partial charge in [-0.15, -0.1) is 0 Å². The van der Waals surface area contributed by atoms with Crippen LogP contribution in [0.15, 0.2) is 0 Å². The molecule has 5 nitrogen and oxygen atoms in total. The molecule has 1 heterocycles. The van der Waals surface area contributed by atoms with Gasteiger partial charge in [0.25, 0.3) is 10.2 Å². The van der Waals surface area contributed by atoms with E-state index < -0.39 is 10.2 Å². The Kier molecular flexibility index (Phi) is 4.51. The molecule has 1 aliphatic rings. The molecule has 1 saturated heterocycles. The Balaban J connectivity index is 2.75. The summed E-state index contributed by atoms with van der Waals surface area (Å²) in [5, 5.41) is 3.18. The van der Waals surface area contributed by atoms with Gasteiger partial charge in [-0.2, -0.15) is 17.0 Å². The lowest BCUT2D eigenvalue weighted by atomic mass is 10.3. The van der Waals surface area contributed by atoms with Gasteiger partial charge in [0, 0.05) is 39.3 Å². The topological polar surface area (TPSA) is 52.7 Å². The zero-order chi connectivity index (χ0) is 11.5. The molecule has 90 valence electrons. The first-order chi connectivity index (χ1) is 7.00. The normalized spacial score (nSPS) is 24.7. The van der Waals surface area contributed by atoms with E-state index in [1.807, 2.05) is 13.8 Å². The van der Waals surface area contributed by atoms with Crippen LogP contribution in [0.4, 0.5) is 0 Å². The maximum absolute atomic E-state index is 12.1. The molecule has 0 bridgehead atoms. The summed E-state index contributed by atoms with van der Waals surface area (Å²) in [6.45, 7) is 6.54. The van der Waals surface area contributed by atoms with Gasteiger partial charge in [0.1, 0.15) is 0 Å². The Morgan fingerprint density at radius 3 is 2.73 bits per heavy atom. The minimum absolute atomic E-state index is 0.0445. The summed E-state index contributed by atoms with van der Waals surface area (Å²) in [6, 6.07) is 0.0445. The van der Waals surface area contributed by atoms with Crippen molar-refractivity contribution in [3.8, 4) is 0 Å². The van der Waals surface area contributed by atoms with Crippen molar-refractivity contribution in [1.82, 2.24) is 13.9 Å². The van der Waals surface area contributed by atoms with Crippen molar-refractivity contribution in [1.29, 1.82) is 0 Å². The molecule has 1 aliphatic heterocycles. The van der Waals surface area contributed by atoms with E-state index in [0.717, 1.165) is 19.5 Å². The van der Waals surface area contributed by atoms with Gasteiger partial charge in [-0.1, -0.05) is 6.92 Å². The van der Waals surface area contributed by atoms with E-state index in [1.165, 1.54) is 4.31 Å². The van der Waals surface area contributed by atoms with Gasteiger partial charge in [-0.25, -0.2) is 0 Å². The smallest absolute Gasteiger partial charge is 0.282 e. The third-order valence-corrected chi connectivity index (χ3v) is 4.77. The zero-order valence-corrected chi connectivity index (χ0v) is 10.5. The number of hydrogen-bond donors (Lipinski definition) is 1. The van der Waals surface area contributed by atoms with Gasteiger partial charge < -0.3 is 5.32 Å². The van der Waals surface area contributed by atoms with E-state index in [2.05, 4.69) is 5.32 Å². The highest BCUT2D eigenvalue weighted by Gasteiger charge is 2.31. The molecule has 0 unspecified atom stereocenters. The maximum atomic E-state index is 12.1. The summed E-state index contributed by atoms with van der Waals surface area (Å²) in [5.74, 6) is 0. The lowest BCUT2D eigenvalue weighted by molar-refractivity contribution is 0.263. The second-order valence-electron chi connectivity index (χ2n) is 3.99. The first kappa shape index (κ1) is 12.9. The van der Waals surface area contributed by atoms with E-state index in [-0.39, 0.29) is 6.04 Å². The lowest BCUT2D eigenvalue weighted by Crippen LogP contribution is -2.55. The van der Waals surface area contributed by atoms with Gasteiger partial charge in [0.2, 0.25) is 0 Å². The zero-order valence-electron chi connectivity index (χ0n) is 9.73. The molecule has 0 aromatic carbocycles. The van der Waals surface area contributed by atoms with Crippen molar-refractivity contribution in [3.63, 3.8) is 0 Å². The monoisotopic (exact) mass is 235 g/mol. The summed E-state index contributed by atoms with van der Waals surface area (Å²) in [4.78, 5) is 0. The molecule has 1 atom stereocenters. The van der Waals surface area contributed by atoms with Crippen LogP contribution in [-0.2, 0) is 10.2 Å². The fourth-order valence-electron chi connectivity index (χ4n) is 1.77. The van der Waals surface area contributed by atoms with Crippen LogP contribution in [0.5, 0.6) is 0 Å². The molecule has 1 N–H and O–H groups in total. The van der Waals surface area contributed by atoms with E-state index in [1.54, 1.807) is 11.4 Å².